The summed E-state index contributed by atoms with van der Waals surface area (Å²) in [4.78, 5) is 11.9. The lowest BCUT2D eigenvalue weighted by molar-refractivity contribution is 0.0953. The van der Waals surface area contributed by atoms with Crippen molar-refractivity contribution in [2.24, 2.45) is 10.9 Å². The summed E-state index contributed by atoms with van der Waals surface area (Å²) < 4.78 is 22.9. The third-order valence-electron chi connectivity index (χ3n) is 2.85. The summed E-state index contributed by atoms with van der Waals surface area (Å²) in [5.74, 6) is -0.332. The summed E-state index contributed by atoms with van der Waals surface area (Å²) >= 11 is 0. The van der Waals surface area contributed by atoms with E-state index in [1.54, 1.807) is 19.9 Å². The molecule has 6 nitrogen and oxygen atoms in total. The Labute approximate surface area is 113 Å². The number of amides is 1. The Hall–Kier alpha value is -1.44. The first-order chi connectivity index (χ1) is 8.77. The van der Waals surface area contributed by atoms with Crippen molar-refractivity contribution in [1.29, 1.82) is 0 Å². The number of sulfonamides is 1. The van der Waals surface area contributed by atoms with E-state index in [0.29, 0.717) is 30.6 Å². The van der Waals surface area contributed by atoms with E-state index in [4.69, 9.17) is 10.9 Å². The molecule has 0 unspecified atom stereocenters. The van der Waals surface area contributed by atoms with Crippen molar-refractivity contribution in [2.75, 3.05) is 13.1 Å². The molecule has 1 amide bonds. The average Bonchev–Trinajstić information content (AvgIpc) is 2.31. The fourth-order valence-electron chi connectivity index (χ4n) is 1.66. The molecular weight excluding hydrogens is 266 g/mol. The van der Waals surface area contributed by atoms with Crippen LogP contribution in [0.25, 0.3) is 0 Å². The fourth-order valence-corrected chi connectivity index (χ4v) is 2.54. The summed E-state index contributed by atoms with van der Waals surface area (Å²) in [6.45, 7) is 4.33. The van der Waals surface area contributed by atoms with Crippen molar-refractivity contribution in [3.05, 3.63) is 28.8 Å². The van der Waals surface area contributed by atoms with Gasteiger partial charge < -0.3 is 11.1 Å². The van der Waals surface area contributed by atoms with Gasteiger partial charge in [-0.15, -0.1) is 0 Å². The number of nitrogens with one attached hydrogen (secondary N) is 1. The molecule has 1 rings (SSSR count). The number of hydrogen-bond donors (Lipinski definition) is 3. The SMILES string of the molecule is Cc1cc(C(=O)NCCCN)cc(S(N)(=O)=O)c1C. The number of benzene rings is 1. The number of primary sulfonamides is 1. The number of rotatable bonds is 5. The van der Waals surface area contributed by atoms with Gasteiger partial charge in [-0.05, 0) is 50.1 Å². The van der Waals surface area contributed by atoms with Crippen LogP contribution in [0, 0.1) is 13.8 Å². The summed E-state index contributed by atoms with van der Waals surface area (Å²) in [6.07, 6.45) is 0.665. The minimum atomic E-state index is -3.84. The second-order valence-corrected chi connectivity index (χ2v) is 5.89. The van der Waals surface area contributed by atoms with E-state index in [1.807, 2.05) is 0 Å². The van der Waals surface area contributed by atoms with Gasteiger partial charge in [0.25, 0.3) is 5.91 Å². The van der Waals surface area contributed by atoms with Crippen LogP contribution in [0.4, 0.5) is 0 Å². The minimum absolute atomic E-state index is 0.0172. The van der Waals surface area contributed by atoms with Gasteiger partial charge in [0.1, 0.15) is 0 Å². The topological polar surface area (TPSA) is 115 Å². The zero-order chi connectivity index (χ0) is 14.6. The van der Waals surface area contributed by atoms with Gasteiger partial charge >= 0.3 is 0 Å². The highest BCUT2D eigenvalue weighted by Crippen LogP contribution is 2.20. The highest BCUT2D eigenvalue weighted by molar-refractivity contribution is 7.89. The number of aryl methyl sites for hydroxylation is 1. The van der Waals surface area contributed by atoms with E-state index >= 15 is 0 Å². The molecule has 0 saturated heterocycles. The van der Waals surface area contributed by atoms with E-state index in [-0.39, 0.29) is 16.4 Å². The Morgan fingerprint density at radius 3 is 2.47 bits per heavy atom. The van der Waals surface area contributed by atoms with Gasteiger partial charge in [0.15, 0.2) is 0 Å². The van der Waals surface area contributed by atoms with E-state index < -0.39 is 10.0 Å². The number of carbonyl (C=O) groups excluding carboxylic acids is 1. The molecule has 0 aliphatic carbocycles. The molecule has 0 heterocycles. The van der Waals surface area contributed by atoms with Crippen LogP contribution < -0.4 is 16.2 Å². The first-order valence-corrected chi connectivity index (χ1v) is 7.44. The normalized spacial score (nSPS) is 11.4. The van der Waals surface area contributed by atoms with Crippen molar-refractivity contribution in [2.45, 2.75) is 25.2 Å². The van der Waals surface area contributed by atoms with Crippen LogP contribution in [-0.4, -0.2) is 27.4 Å². The molecule has 0 aliphatic heterocycles. The van der Waals surface area contributed by atoms with Crippen LogP contribution in [-0.2, 0) is 10.0 Å². The zero-order valence-electron chi connectivity index (χ0n) is 11.1. The summed E-state index contributed by atoms with van der Waals surface area (Å²) in [5, 5.41) is 7.81. The Balaban J connectivity index is 3.11. The van der Waals surface area contributed by atoms with Crippen LogP contribution in [0.1, 0.15) is 27.9 Å². The molecule has 0 aliphatic rings. The predicted octanol–water partition coefficient (Wildman–Crippen LogP) is 0.0294. The molecule has 0 aromatic heterocycles. The Kier molecular flexibility index (Phi) is 5.04. The molecule has 0 radical (unpaired) electrons. The van der Waals surface area contributed by atoms with Crippen molar-refractivity contribution < 1.29 is 13.2 Å². The van der Waals surface area contributed by atoms with Gasteiger partial charge in [0.05, 0.1) is 4.90 Å². The smallest absolute Gasteiger partial charge is 0.251 e. The van der Waals surface area contributed by atoms with E-state index in [9.17, 15) is 13.2 Å². The van der Waals surface area contributed by atoms with Crippen LogP contribution in [0.5, 0.6) is 0 Å². The van der Waals surface area contributed by atoms with Gasteiger partial charge in [-0.1, -0.05) is 0 Å². The number of nitrogens with two attached hydrogens (primary N) is 2. The molecule has 0 spiro atoms. The van der Waals surface area contributed by atoms with Crippen LogP contribution in [0.3, 0.4) is 0 Å². The third kappa shape index (κ3) is 4.02. The van der Waals surface area contributed by atoms with Gasteiger partial charge in [0.2, 0.25) is 10.0 Å². The molecule has 0 bridgehead atoms. The molecule has 0 atom stereocenters. The van der Waals surface area contributed by atoms with Crippen LogP contribution in [0.2, 0.25) is 0 Å². The Bertz CT molecular complexity index is 582. The monoisotopic (exact) mass is 285 g/mol. The first kappa shape index (κ1) is 15.6. The molecule has 1 aromatic rings. The number of carbonyl (C=O) groups is 1. The van der Waals surface area contributed by atoms with Gasteiger partial charge in [-0.2, -0.15) is 0 Å². The summed E-state index contributed by atoms with van der Waals surface area (Å²) in [7, 11) is -3.84. The van der Waals surface area contributed by atoms with Crippen LogP contribution in [0.15, 0.2) is 17.0 Å². The first-order valence-electron chi connectivity index (χ1n) is 5.89. The van der Waals surface area contributed by atoms with Gasteiger partial charge in [0, 0.05) is 12.1 Å². The zero-order valence-corrected chi connectivity index (χ0v) is 11.9. The van der Waals surface area contributed by atoms with E-state index in [1.165, 1.54) is 6.07 Å². The second-order valence-electron chi connectivity index (χ2n) is 4.36. The fraction of sp³-hybridized carbons (Fsp3) is 0.417. The molecule has 106 valence electrons. The molecule has 19 heavy (non-hydrogen) atoms. The quantitative estimate of drug-likeness (QED) is 0.662. The highest BCUT2D eigenvalue weighted by Gasteiger charge is 2.17. The lowest BCUT2D eigenvalue weighted by atomic mass is 10.1. The average molecular weight is 285 g/mol. The van der Waals surface area contributed by atoms with Crippen molar-refractivity contribution in [1.82, 2.24) is 5.32 Å². The molecule has 0 saturated carbocycles. The maximum Gasteiger partial charge on any atom is 0.251 e. The van der Waals surface area contributed by atoms with E-state index in [2.05, 4.69) is 5.32 Å². The molecule has 5 N–H and O–H groups in total. The summed E-state index contributed by atoms with van der Waals surface area (Å²) in [6, 6.07) is 2.94. The number of hydrogen-bond acceptors (Lipinski definition) is 4. The Morgan fingerprint density at radius 1 is 1.32 bits per heavy atom. The standard InChI is InChI=1S/C12H19N3O3S/c1-8-6-10(12(16)15-5-3-4-13)7-11(9(8)2)19(14,17)18/h6-7H,3-5,13H2,1-2H3,(H,15,16)(H2,14,17,18). The maximum atomic E-state index is 11.9. The molecular formula is C12H19N3O3S. The lowest BCUT2D eigenvalue weighted by Gasteiger charge is -2.11. The minimum Gasteiger partial charge on any atom is -0.352 e. The van der Waals surface area contributed by atoms with Gasteiger partial charge in [-0.25, -0.2) is 13.6 Å². The van der Waals surface area contributed by atoms with Crippen molar-refractivity contribution in [3.8, 4) is 0 Å². The summed E-state index contributed by atoms with van der Waals surface area (Å²) in [5.41, 5.74) is 6.87. The largest absolute Gasteiger partial charge is 0.352 e. The van der Waals surface area contributed by atoms with E-state index in [0.717, 1.165) is 0 Å². The van der Waals surface area contributed by atoms with Crippen LogP contribution >= 0.6 is 0 Å². The van der Waals surface area contributed by atoms with Gasteiger partial charge in [-0.3, -0.25) is 4.79 Å². The second kappa shape index (κ2) is 6.14. The molecule has 0 fully saturated rings. The third-order valence-corrected chi connectivity index (χ3v) is 3.89. The molecule has 7 heteroatoms. The maximum absolute atomic E-state index is 11.9. The van der Waals surface area contributed by atoms with Crippen molar-refractivity contribution in [3.63, 3.8) is 0 Å². The highest BCUT2D eigenvalue weighted by atomic mass is 32.2. The lowest BCUT2D eigenvalue weighted by Crippen LogP contribution is -2.26. The Morgan fingerprint density at radius 2 is 1.95 bits per heavy atom. The molecule has 1 aromatic carbocycles. The predicted molar refractivity (Wildman–Crippen MR) is 73.3 cm³/mol. The van der Waals surface area contributed by atoms with Crippen molar-refractivity contribution >= 4 is 15.9 Å².